The summed E-state index contributed by atoms with van der Waals surface area (Å²) >= 11 is 1.40. The SMILES string of the molecule is CCOC(=O)C1CC(=O)c2cnc(SC)nc2N1C(C)(C)CO[Si](C(C)C)(C(C)C)C(C)C. The van der Waals surface area contributed by atoms with Crippen molar-refractivity contribution in [2.45, 2.75) is 102 Å². The first-order chi connectivity index (χ1) is 15.3. The fraction of sp³-hybridized carbons (Fsp3) is 0.750. The highest BCUT2D eigenvalue weighted by Crippen LogP contribution is 2.44. The lowest BCUT2D eigenvalue weighted by atomic mass is 9.91. The second-order valence-corrected chi connectivity index (χ2v) is 16.5. The Kier molecular flexibility index (Phi) is 9.15. The summed E-state index contributed by atoms with van der Waals surface area (Å²) in [5, 5.41) is 0.558. The van der Waals surface area contributed by atoms with Gasteiger partial charge >= 0.3 is 5.97 Å². The van der Waals surface area contributed by atoms with Crippen LogP contribution in [0.5, 0.6) is 0 Å². The van der Waals surface area contributed by atoms with E-state index in [-0.39, 0.29) is 18.8 Å². The molecular weight excluding hydrogens is 454 g/mol. The summed E-state index contributed by atoms with van der Waals surface area (Å²) in [7, 11) is -2.13. The Morgan fingerprint density at radius 1 is 1.21 bits per heavy atom. The summed E-state index contributed by atoms with van der Waals surface area (Å²) in [5.41, 5.74) is 1.16. The van der Waals surface area contributed by atoms with E-state index < -0.39 is 25.9 Å². The molecule has 0 saturated heterocycles. The number of ether oxygens (including phenoxy) is 1. The van der Waals surface area contributed by atoms with Gasteiger partial charge < -0.3 is 14.1 Å². The number of hydrogen-bond donors (Lipinski definition) is 0. The van der Waals surface area contributed by atoms with E-state index in [1.54, 1.807) is 13.1 Å². The van der Waals surface area contributed by atoms with E-state index in [1.807, 2.05) is 11.2 Å². The molecule has 2 rings (SSSR count). The van der Waals surface area contributed by atoms with E-state index in [1.165, 1.54) is 11.8 Å². The Labute approximate surface area is 204 Å². The molecular formula is C24H41N3O4SSi. The van der Waals surface area contributed by atoms with Crippen LogP contribution in [0.3, 0.4) is 0 Å². The number of carbonyl (C=O) groups is 2. The lowest BCUT2D eigenvalue weighted by Crippen LogP contribution is -2.61. The molecule has 2 heterocycles. The van der Waals surface area contributed by atoms with Gasteiger partial charge in [0.05, 0.1) is 24.3 Å². The van der Waals surface area contributed by atoms with E-state index in [0.717, 1.165) is 0 Å². The minimum Gasteiger partial charge on any atom is -0.464 e. The lowest BCUT2D eigenvalue weighted by molar-refractivity contribution is -0.145. The second kappa shape index (κ2) is 10.9. The summed E-state index contributed by atoms with van der Waals surface area (Å²) in [6.45, 7) is 20.1. The normalized spacial score (nSPS) is 17.2. The average molecular weight is 496 g/mol. The first-order valence-electron chi connectivity index (χ1n) is 11.9. The van der Waals surface area contributed by atoms with E-state index in [9.17, 15) is 9.59 Å². The maximum absolute atomic E-state index is 13.0. The van der Waals surface area contributed by atoms with Gasteiger partial charge in [-0.25, -0.2) is 14.8 Å². The minimum absolute atomic E-state index is 0.0400. The predicted octanol–water partition coefficient (Wildman–Crippen LogP) is 5.49. The largest absolute Gasteiger partial charge is 0.464 e. The van der Waals surface area contributed by atoms with Gasteiger partial charge in [-0.05, 0) is 43.7 Å². The molecule has 0 bridgehead atoms. The molecule has 0 saturated carbocycles. The summed E-state index contributed by atoms with van der Waals surface area (Å²) in [5.74, 6) is -0.0592. The van der Waals surface area contributed by atoms with Crippen molar-refractivity contribution >= 4 is 37.6 Å². The molecule has 1 atom stereocenters. The van der Waals surface area contributed by atoms with E-state index in [0.29, 0.717) is 39.8 Å². The number of Topliss-reactive ketones (excluding diaryl/α,β-unsaturated/α-hetero) is 1. The maximum Gasteiger partial charge on any atom is 0.329 e. The highest BCUT2D eigenvalue weighted by Gasteiger charge is 2.49. The Balaban J connectivity index is 2.56. The van der Waals surface area contributed by atoms with Crippen LogP contribution in [0, 0.1) is 0 Å². The zero-order valence-corrected chi connectivity index (χ0v) is 23.7. The molecule has 7 nitrogen and oxygen atoms in total. The molecule has 1 unspecified atom stereocenters. The van der Waals surface area contributed by atoms with Crippen molar-refractivity contribution in [1.29, 1.82) is 0 Å². The number of carbonyl (C=O) groups excluding carboxylic acids is 2. The van der Waals surface area contributed by atoms with Crippen molar-refractivity contribution in [3.63, 3.8) is 0 Å². The number of hydrogen-bond acceptors (Lipinski definition) is 8. The molecule has 1 aliphatic rings. The van der Waals surface area contributed by atoms with Crippen LogP contribution in [0.25, 0.3) is 0 Å². The van der Waals surface area contributed by atoms with Gasteiger partial charge in [-0.1, -0.05) is 53.3 Å². The molecule has 0 aromatic carbocycles. The standard InChI is InChI=1S/C24H41N3O4SSi/c1-11-30-22(29)19-12-20(28)18-13-25-23(32-10)26-21(18)27(19)24(8,9)14-31-33(15(2)3,16(4)5)17(6)7/h13,15-17,19H,11-12,14H2,1-10H3. The van der Waals surface area contributed by atoms with E-state index >= 15 is 0 Å². The van der Waals surface area contributed by atoms with Gasteiger partial charge in [0.25, 0.3) is 0 Å². The monoisotopic (exact) mass is 495 g/mol. The van der Waals surface area contributed by atoms with Gasteiger partial charge in [0.15, 0.2) is 19.3 Å². The van der Waals surface area contributed by atoms with Crippen molar-refractivity contribution in [2.75, 3.05) is 24.4 Å². The number of anilines is 1. The quantitative estimate of drug-likeness (QED) is 0.182. The van der Waals surface area contributed by atoms with E-state index in [2.05, 4.69) is 65.4 Å². The third kappa shape index (κ3) is 5.46. The predicted molar refractivity (Wildman–Crippen MR) is 137 cm³/mol. The fourth-order valence-electron chi connectivity index (χ4n) is 5.37. The molecule has 0 spiro atoms. The van der Waals surface area contributed by atoms with Crippen molar-refractivity contribution in [1.82, 2.24) is 9.97 Å². The fourth-order valence-corrected chi connectivity index (χ4v) is 11.3. The van der Waals surface area contributed by atoms with Crippen LogP contribution in [0.15, 0.2) is 11.4 Å². The van der Waals surface area contributed by atoms with Crippen molar-refractivity contribution in [2.24, 2.45) is 0 Å². The summed E-state index contributed by atoms with van der Waals surface area (Å²) in [6, 6.07) is -0.749. The smallest absolute Gasteiger partial charge is 0.329 e. The number of rotatable bonds is 10. The van der Waals surface area contributed by atoms with Crippen LogP contribution in [0.1, 0.15) is 79.1 Å². The van der Waals surface area contributed by atoms with Crippen molar-refractivity contribution < 1.29 is 18.8 Å². The molecule has 1 aromatic heterocycles. The lowest BCUT2D eigenvalue weighted by Gasteiger charge is -2.49. The van der Waals surface area contributed by atoms with Gasteiger partial charge in [0.2, 0.25) is 0 Å². The Hall–Kier alpha value is -1.45. The summed E-state index contributed by atoms with van der Waals surface area (Å²) in [6.07, 6.45) is 3.51. The Morgan fingerprint density at radius 3 is 2.27 bits per heavy atom. The minimum atomic E-state index is -2.13. The number of ketones is 1. The molecule has 0 fully saturated rings. The van der Waals surface area contributed by atoms with Crippen LogP contribution in [0.4, 0.5) is 5.82 Å². The first kappa shape index (κ1) is 27.8. The van der Waals surface area contributed by atoms with Crippen molar-refractivity contribution in [3.8, 4) is 0 Å². The molecule has 1 aliphatic heterocycles. The van der Waals surface area contributed by atoms with Crippen LogP contribution in [0.2, 0.25) is 16.6 Å². The molecule has 186 valence electrons. The molecule has 1 aromatic rings. The number of aromatic nitrogens is 2. The van der Waals surface area contributed by atoms with Gasteiger partial charge in [0, 0.05) is 12.6 Å². The molecule has 0 amide bonds. The third-order valence-electron chi connectivity index (χ3n) is 6.74. The first-order valence-corrected chi connectivity index (χ1v) is 15.2. The Morgan fingerprint density at radius 2 is 1.79 bits per heavy atom. The number of thioether (sulfide) groups is 1. The highest BCUT2D eigenvalue weighted by atomic mass is 32.2. The molecule has 9 heteroatoms. The zero-order chi connectivity index (χ0) is 25.1. The number of nitrogens with zero attached hydrogens (tertiary/aromatic N) is 3. The molecule has 0 radical (unpaired) electrons. The summed E-state index contributed by atoms with van der Waals surface area (Å²) in [4.78, 5) is 36.8. The average Bonchev–Trinajstić information content (AvgIpc) is 2.72. The number of esters is 1. The Bertz CT molecular complexity index is 838. The van der Waals surface area contributed by atoms with Crippen LogP contribution >= 0.6 is 11.8 Å². The topological polar surface area (TPSA) is 81.6 Å². The highest BCUT2D eigenvalue weighted by molar-refractivity contribution is 7.98. The van der Waals surface area contributed by atoms with Crippen LogP contribution in [-0.2, 0) is 14.0 Å². The summed E-state index contributed by atoms with van der Waals surface area (Å²) < 4.78 is 12.3. The maximum atomic E-state index is 13.0. The van der Waals surface area contributed by atoms with Gasteiger partial charge in [-0.3, -0.25) is 4.79 Å². The molecule has 0 aliphatic carbocycles. The van der Waals surface area contributed by atoms with Crippen LogP contribution in [-0.4, -0.2) is 61.1 Å². The second-order valence-electron chi connectivity index (χ2n) is 10.3. The van der Waals surface area contributed by atoms with Gasteiger partial charge in [-0.2, -0.15) is 0 Å². The van der Waals surface area contributed by atoms with Crippen molar-refractivity contribution in [3.05, 3.63) is 11.8 Å². The molecule has 0 N–H and O–H groups in total. The zero-order valence-electron chi connectivity index (χ0n) is 21.9. The molecule has 33 heavy (non-hydrogen) atoms. The van der Waals surface area contributed by atoms with E-state index in [4.69, 9.17) is 9.16 Å². The van der Waals surface area contributed by atoms with Gasteiger partial charge in [-0.15, -0.1) is 0 Å². The van der Waals surface area contributed by atoms with Gasteiger partial charge in [0.1, 0.15) is 11.9 Å². The number of fused-ring (bicyclic) bond motifs is 1. The van der Waals surface area contributed by atoms with Crippen LogP contribution < -0.4 is 4.90 Å². The third-order valence-corrected chi connectivity index (χ3v) is 13.4.